The van der Waals surface area contributed by atoms with Gasteiger partial charge in [0.25, 0.3) is 0 Å². The molecule has 1 nitrogen and oxygen atoms in total. The Morgan fingerprint density at radius 1 is 1.17 bits per heavy atom. The Balaban J connectivity index is 2.34. The van der Waals surface area contributed by atoms with Crippen molar-refractivity contribution >= 4 is 0 Å². The van der Waals surface area contributed by atoms with Crippen LogP contribution in [0.1, 0.15) is 58.4 Å². The summed E-state index contributed by atoms with van der Waals surface area (Å²) in [6.07, 6.45) is 6.03. The SMILES string of the molecule is CCCC1CC1(N)C(CC)(CC)c1ccccc1. The molecule has 1 aromatic carbocycles. The molecule has 0 radical (unpaired) electrons. The monoisotopic (exact) mass is 245 g/mol. The highest BCUT2D eigenvalue weighted by atomic mass is 14.9. The first-order valence-corrected chi connectivity index (χ1v) is 7.49. The van der Waals surface area contributed by atoms with Gasteiger partial charge in [-0.3, -0.25) is 0 Å². The van der Waals surface area contributed by atoms with Crippen molar-refractivity contribution in [2.45, 2.75) is 63.8 Å². The lowest BCUT2D eigenvalue weighted by Crippen LogP contribution is -2.49. The van der Waals surface area contributed by atoms with E-state index < -0.39 is 0 Å². The third-order valence-electron chi connectivity index (χ3n) is 5.21. The van der Waals surface area contributed by atoms with E-state index in [0.717, 1.165) is 18.8 Å². The third-order valence-corrected chi connectivity index (χ3v) is 5.21. The molecule has 0 spiro atoms. The molecule has 2 N–H and O–H groups in total. The van der Waals surface area contributed by atoms with E-state index in [1.54, 1.807) is 0 Å². The maximum Gasteiger partial charge on any atom is 0.0284 e. The van der Waals surface area contributed by atoms with Crippen molar-refractivity contribution in [1.82, 2.24) is 0 Å². The first kappa shape index (κ1) is 13.6. The summed E-state index contributed by atoms with van der Waals surface area (Å²) in [6.45, 7) is 6.86. The Hall–Kier alpha value is -0.820. The molecular weight excluding hydrogens is 218 g/mol. The molecule has 18 heavy (non-hydrogen) atoms. The van der Waals surface area contributed by atoms with Crippen LogP contribution in [0, 0.1) is 5.92 Å². The largest absolute Gasteiger partial charge is 0.324 e. The zero-order valence-corrected chi connectivity index (χ0v) is 12.1. The first-order chi connectivity index (χ1) is 8.64. The van der Waals surface area contributed by atoms with E-state index in [9.17, 15) is 0 Å². The van der Waals surface area contributed by atoms with Crippen LogP contribution in [0.15, 0.2) is 30.3 Å². The summed E-state index contributed by atoms with van der Waals surface area (Å²) in [5, 5.41) is 0. The van der Waals surface area contributed by atoms with Crippen LogP contribution in [-0.4, -0.2) is 5.54 Å². The molecule has 1 aliphatic carbocycles. The zero-order valence-electron chi connectivity index (χ0n) is 12.1. The number of hydrogen-bond acceptors (Lipinski definition) is 1. The van der Waals surface area contributed by atoms with Crippen LogP contribution >= 0.6 is 0 Å². The second-order valence-electron chi connectivity index (χ2n) is 5.89. The van der Waals surface area contributed by atoms with Crippen molar-refractivity contribution in [1.29, 1.82) is 0 Å². The molecule has 0 bridgehead atoms. The zero-order chi connectivity index (χ0) is 13.2. The van der Waals surface area contributed by atoms with Crippen molar-refractivity contribution in [3.63, 3.8) is 0 Å². The van der Waals surface area contributed by atoms with Crippen LogP contribution in [0.2, 0.25) is 0 Å². The maximum absolute atomic E-state index is 6.81. The summed E-state index contributed by atoms with van der Waals surface area (Å²) in [5.41, 5.74) is 8.46. The van der Waals surface area contributed by atoms with Crippen LogP contribution < -0.4 is 5.73 Å². The lowest BCUT2D eigenvalue weighted by molar-refractivity contribution is 0.277. The summed E-state index contributed by atoms with van der Waals surface area (Å²) in [6, 6.07) is 10.9. The van der Waals surface area contributed by atoms with E-state index in [0.29, 0.717) is 0 Å². The minimum absolute atomic E-state index is 0.0356. The van der Waals surface area contributed by atoms with Gasteiger partial charge < -0.3 is 5.73 Å². The standard InChI is InChI=1S/C17H27N/c1-4-10-15-13-17(15,18)16(5-2,6-3)14-11-8-7-9-12-14/h7-9,11-12,15H,4-6,10,13,18H2,1-3H3. The fourth-order valence-corrected chi connectivity index (χ4v) is 3.99. The van der Waals surface area contributed by atoms with Crippen molar-refractivity contribution in [2.24, 2.45) is 11.7 Å². The number of benzene rings is 1. The Bertz CT molecular complexity index is 380. The van der Waals surface area contributed by atoms with Gasteiger partial charge in [0.15, 0.2) is 0 Å². The van der Waals surface area contributed by atoms with Crippen LogP contribution in [0.3, 0.4) is 0 Å². The second-order valence-corrected chi connectivity index (χ2v) is 5.89. The van der Waals surface area contributed by atoms with Crippen LogP contribution in [0.25, 0.3) is 0 Å². The fraction of sp³-hybridized carbons (Fsp3) is 0.647. The second kappa shape index (κ2) is 5.05. The number of hydrogen-bond donors (Lipinski definition) is 1. The van der Waals surface area contributed by atoms with E-state index in [4.69, 9.17) is 5.73 Å². The van der Waals surface area contributed by atoms with Gasteiger partial charge in [-0.05, 0) is 37.2 Å². The van der Waals surface area contributed by atoms with Crippen molar-refractivity contribution in [3.05, 3.63) is 35.9 Å². The first-order valence-electron chi connectivity index (χ1n) is 7.49. The average Bonchev–Trinajstić information content (AvgIpc) is 3.05. The van der Waals surface area contributed by atoms with Crippen molar-refractivity contribution in [2.75, 3.05) is 0 Å². The van der Waals surface area contributed by atoms with Crippen LogP contribution in [0.5, 0.6) is 0 Å². The van der Waals surface area contributed by atoms with Gasteiger partial charge in [-0.1, -0.05) is 57.5 Å². The quantitative estimate of drug-likeness (QED) is 0.796. The van der Waals surface area contributed by atoms with Crippen molar-refractivity contribution in [3.8, 4) is 0 Å². The van der Waals surface area contributed by atoms with Crippen LogP contribution in [-0.2, 0) is 5.41 Å². The highest BCUT2D eigenvalue weighted by molar-refractivity contribution is 5.36. The summed E-state index contributed by atoms with van der Waals surface area (Å²) in [5.74, 6) is 0.725. The topological polar surface area (TPSA) is 26.0 Å². The Kier molecular flexibility index (Phi) is 3.82. The average molecular weight is 245 g/mol. The molecule has 1 saturated carbocycles. The molecule has 0 aliphatic heterocycles. The Morgan fingerprint density at radius 2 is 1.78 bits per heavy atom. The highest BCUT2D eigenvalue weighted by Gasteiger charge is 2.62. The molecule has 0 aromatic heterocycles. The lowest BCUT2D eigenvalue weighted by Gasteiger charge is -2.40. The molecule has 0 amide bonds. The lowest BCUT2D eigenvalue weighted by atomic mass is 9.67. The van der Waals surface area contributed by atoms with Crippen LogP contribution in [0.4, 0.5) is 0 Å². The summed E-state index contributed by atoms with van der Waals surface area (Å²) in [4.78, 5) is 0. The molecule has 1 heteroatoms. The highest BCUT2D eigenvalue weighted by Crippen LogP contribution is 2.58. The molecular formula is C17H27N. The van der Waals surface area contributed by atoms with Gasteiger partial charge in [-0.25, -0.2) is 0 Å². The van der Waals surface area contributed by atoms with E-state index in [1.807, 2.05) is 0 Å². The van der Waals surface area contributed by atoms with Gasteiger partial charge in [0, 0.05) is 11.0 Å². The number of nitrogens with two attached hydrogens (primary N) is 1. The van der Waals surface area contributed by atoms with Crippen molar-refractivity contribution < 1.29 is 0 Å². The van der Waals surface area contributed by atoms with E-state index in [1.165, 1.54) is 24.8 Å². The Labute approximate surface area is 112 Å². The van der Waals surface area contributed by atoms with Gasteiger partial charge in [0.1, 0.15) is 0 Å². The van der Waals surface area contributed by atoms with E-state index >= 15 is 0 Å². The predicted molar refractivity (Wildman–Crippen MR) is 78.6 cm³/mol. The van der Waals surface area contributed by atoms with Gasteiger partial charge in [-0.15, -0.1) is 0 Å². The normalized spacial score (nSPS) is 27.2. The third kappa shape index (κ3) is 1.89. The maximum atomic E-state index is 6.81. The predicted octanol–water partition coefficient (Wildman–Crippen LogP) is 4.26. The van der Waals surface area contributed by atoms with Gasteiger partial charge in [0.05, 0.1) is 0 Å². The summed E-state index contributed by atoms with van der Waals surface area (Å²) >= 11 is 0. The van der Waals surface area contributed by atoms with Gasteiger partial charge in [-0.2, -0.15) is 0 Å². The number of rotatable bonds is 6. The molecule has 1 fully saturated rings. The fourth-order valence-electron chi connectivity index (χ4n) is 3.99. The molecule has 1 aliphatic rings. The molecule has 100 valence electrons. The summed E-state index contributed by atoms with van der Waals surface area (Å²) in [7, 11) is 0. The molecule has 0 saturated heterocycles. The minimum atomic E-state index is 0.0356. The molecule has 2 unspecified atom stereocenters. The Morgan fingerprint density at radius 3 is 2.28 bits per heavy atom. The molecule has 1 aromatic rings. The summed E-state index contributed by atoms with van der Waals surface area (Å²) < 4.78 is 0. The molecule has 0 heterocycles. The van der Waals surface area contributed by atoms with Gasteiger partial charge in [0.2, 0.25) is 0 Å². The van der Waals surface area contributed by atoms with Gasteiger partial charge >= 0.3 is 0 Å². The van der Waals surface area contributed by atoms with E-state index in [-0.39, 0.29) is 11.0 Å². The minimum Gasteiger partial charge on any atom is -0.324 e. The molecule has 2 atom stereocenters. The molecule has 2 rings (SSSR count). The smallest absolute Gasteiger partial charge is 0.0284 e. The van der Waals surface area contributed by atoms with E-state index in [2.05, 4.69) is 51.1 Å².